The number of ether oxygens (including phenoxy) is 1. The number of H-pyrrole nitrogens is 1. The van der Waals surface area contributed by atoms with Crippen molar-refractivity contribution in [2.45, 2.75) is 58.3 Å². The zero-order valence-electron chi connectivity index (χ0n) is 23.1. The van der Waals surface area contributed by atoms with Crippen LogP contribution >= 0.6 is 0 Å². The summed E-state index contributed by atoms with van der Waals surface area (Å²) in [5, 5.41) is 28.8. The van der Waals surface area contributed by atoms with Gasteiger partial charge in [-0.25, -0.2) is 9.89 Å². The molecule has 6 rings (SSSR count). The Morgan fingerprint density at radius 2 is 1.84 bits per heavy atom. The zero-order valence-corrected chi connectivity index (χ0v) is 23.1. The fourth-order valence-corrected chi connectivity index (χ4v) is 5.97. The fraction of sp³-hybridized carbons (Fsp3) is 0.367. The van der Waals surface area contributed by atoms with Crippen molar-refractivity contribution in [1.82, 2.24) is 35.7 Å². The van der Waals surface area contributed by atoms with Gasteiger partial charge in [-0.3, -0.25) is 4.79 Å². The number of fused-ring (bicyclic) bond motifs is 1. The molecule has 0 spiro atoms. The second kappa shape index (κ2) is 14.4. The Morgan fingerprint density at radius 3 is 2.51 bits per heavy atom. The van der Waals surface area contributed by atoms with E-state index in [0.717, 1.165) is 52.9 Å². The molecular formula is C30H35N7Na2O4. The SMILES string of the molecule is CCCCC1NC2=C(CN3C(=O)C(C(=O)OCC)=C(O)C3C2)N1Cc1ccc(-c2ccccc2-c2nnn[nH]2)cc1.[NaH].[NaH]. The first-order valence-electron chi connectivity index (χ1n) is 14.1. The van der Waals surface area contributed by atoms with Crippen LogP contribution in [0.25, 0.3) is 22.5 Å². The van der Waals surface area contributed by atoms with Gasteiger partial charge in [0.1, 0.15) is 5.76 Å². The molecule has 1 amide bonds. The number of aromatic nitrogens is 4. The Bertz CT molecular complexity index is 1530. The first kappa shape index (κ1) is 33.2. The van der Waals surface area contributed by atoms with Crippen molar-refractivity contribution < 1.29 is 19.4 Å². The number of hydrogen-bond acceptors (Lipinski definition) is 9. The molecule has 1 aromatic heterocycles. The van der Waals surface area contributed by atoms with Gasteiger partial charge in [-0.15, -0.1) is 5.10 Å². The van der Waals surface area contributed by atoms with E-state index in [-0.39, 0.29) is 83.2 Å². The molecule has 2 unspecified atom stereocenters. The van der Waals surface area contributed by atoms with Gasteiger partial charge in [-0.2, -0.15) is 0 Å². The number of rotatable bonds is 9. The summed E-state index contributed by atoms with van der Waals surface area (Å²) in [4.78, 5) is 29.5. The fourth-order valence-electron chi connectivity index (χ4n) is 5.97. The normalized spacial score (nSPS) is 19.0. The van der Waals surface area contributed by atoms with Gasteiger partial charge in [0, 0.05) is 24.2 Å². The number of benzene rings is 2. The number of aliphatic hydroxyl groups excluding tert-OH is 1. The third-order valence-electron chi connectivity index (χ3n) is 8.01. The summed E-state index contributed by atoms with van der Waals surface area (Å²) in [6.45, 7) is 4.96. The van der Waals surface area contributed by atoms with Gasteiger partial charge >= 0.3 is 65.1 Å². The van der Waals surface area contributed by atoms with Crippen molar-refractivity contribution in [3.63, 3.8) is 0 Å². The zero-order chi connectivity index (χ0) is 28.5. The number of carbonyl (C=O) groups is 2. The van der Waals surface area contributed by atoms with Gasteiger partial charge in [0.15, 0.2) is 11.4 Å². The first-order valence-corrected chi connectivity index (χ1v) is 14.1. The van der Waals surface area contributed by atoms with Crippen molar-refractivity contribution in [2.75, 3.05) is 13.2 Å². The molecule has 2 aromatic carbocycles. The van der Waals surface area contributed by atoms with Gasteiger partial charge in [0.05, 0.1) is 31.1 Å². The third kappa shape index (κ3) is 6.43. The molecule has 43 heavy (non-hydrogen) atoms. The van der Waals surface area contributed by atoms with Crippen molar-refractivity contribution >= 4 is 71.0 Å². The molecule has 0 fully saturated rings. The topological polar surface area (TPSA) is 137 Å². The minimum absolute atomic E-state index is 0. The molecule has 0 aliphatic carbocycles. The van der Waals surface area contributed by atoms with E-state index in [1.807, 2.05) is 18.2 Å². The minimum atomic E-state index is -0.767. The Kier molecular flexibility index (Phi) is 11.1. The van der Waals surface area contributed by atoms with Crippen LogP contribution in [0.4, 0.5) is 0 Å². The summed E-state index contributed by atoms with van der Waals surface area (Å²) in [6, 6.07) is 15.9. The van der Waals surface area contributed by atoms with Crippen LogP contribution in [0.1, 0.15) is 45.1 Å². The maximum atomic E-state index is 13.2. The van der Waals surface area contributed by atoms with Crippen LogP contribution in [0.5, 0.6) is 0 Å². The number of aromatic amines is 1. The van der Waals surface area contributed by atoms with E-state index in [1.54, 1.807) is 11.8 Å². The number of esters is 1. The number of hydrogen-bond donors (Lipinski definition) is 3. The average Bonchev–Trinajstić information content (AvgIpc) is 3.69. The van der Waals surface area contributed by atoms with Gasteiger partial charge in [-0.1, -0.05) is 61.9 Å². The van der Waals surface area contributed by atoms with Crippen molar-refractivity contribution in [3.8, 4) is 22.5 Å². The monoisotopic (exact) mass is 603 g/mol. The van der Waals surface area contributed by atoms with E-state index >= 15 is 0 Å². The molecule has 4 heterocycles. The number of tetrazole rings is 1. The van der Waals surface area contributed by atoms with Crippen LogP contribution < -0.4 is 5.32 Å². The summed E-state index contributed by atoms with van der Waals surface area (Å²) in [5.41, 5.74) is 5.94. The Labute approximate surface area is 294 Å². The quantitative estimate of drug-likeness (QED) is 0.191. The molecule has 0 saturated heterocycles. The van der Waals surface area contributed by atoms with E-state index < -0.39 is 17.9 Å². The summed E-state index contributed by atoms with van der Waals surface area (Å²) in [6.07, 6.45) is 3.61. The third-order valence-corrected chi connectivity index (χ3v) is 8.01. The van der Waals surface area contributed by atoms with Gasteiger partial charge in [0.25, 0.3) is 5.91 Å². The van der Waals surface area contributed by atoms with E-state index in [2.05, 4.69) is 68.1 Å². The Morgan fingerprint density at radius 1 is 1.09 bits per heavy atom. The molecule has 11 nitrogen and oxygen atoms in total. The Balaban J connectivity index is 0.00000212. The van der Waals surface area contributed by atoms with Crippen LogP contribution in [0, 0.1) is 0 Å². The van der Waals surface area contributed by atoms with Crippen LogP contribution in [0.15, 0.2) is 71.3 Å². The molecule has 0 radical (unpaired) electrons. The number of nitrogens with zero attached hydrogens (tertiary/aromatic N) is 5. The van der Waals surface area contributed by atoms with Crippen molar-refractivity contribution in [3.05, 3.63) is 76.8 Å². The standard InChI is InChI=1S/C30H33N7O4.2Na.2H/c1-3-5-10-25-31-22-15-23-27(38)26(30(40)41-4-2)29(39)37(23)17-24(22)36(25)16-18-11-13-19(14-12-18)20-8-6-7-9-21(20)28-32-34-35-33-28;;;;/h6-9,11-14,23,25,31,38H,3-5,10,15-17H2,1-2H3,(H,32,33,34,35);;;;. The summed E-state index contributed by atoms with van der Waals surface area (Å²) in [7, 11) is 0. The number of nitrogens with one attached hydrogen (secondary N) is 2. The second-order valence-electron chi connectivity index (χ2n) is 10.5. The molecule has 3 aliphatic heterocycles. The van der Waals surface area contributed by atoms with Crippen molar-refractivity contribution in [1.29, 1.82) is 0 Å². The number of unbranched alkanes of at least 4 members (excludes halogenated alkanes) is 1. The van der Waals surface area contributed by atoms with Gasteiger partial charge in [0.2, 0.25) is 0 Å². The maximum absolute atomic E-state index is 13.2. The second-order valence-corrected chi connectivity index (χ2v) is 10.5. The predicted molar refractivity (Wildman–Crippen MR) is 165 cm³/mol. The molecule has 2 atom stereocenters. The summed E-state index contributed by atoms with van der Waals surface area (Å²) >= 11 is 0. The number of aliphatic hydroxyl groups is 1. The van der Waals surface area contributed by atoms with Crippen LogP contribution in [-0.4, -0.2) is 132 Å². The van der Waals surface area contributed by atoms with Crippen LogP contribution in [0.2, 0.25) is 0 Å². The molecule has 3 aliphatic rings. The number of carbonyl (C=O) groups excluding carboxylic acids is 2. The van der Waals surface area contributed by atoms with Crippen molar-refractivity contribution in [2.24, 2.45) is 0 Å². The summed E-state index contributed by atoms with van der Waals surface area (Å²) < 4.78 is 5.04. The molecule has 0 bridgehead atoms. The van der Waals surface area contributed by atoms with Gasteiger partial charge < -0.3 is 25.0 Å². The molecular weight excluding hydrogens is 568 g/mol. The average molecular weight is 604 g/mol. The number of amides is 1. The predicted octanol–water partition coefficient (Wildman–Crippen LogP) is 2.36. The Hall–Kier alpha value is -2.67. The van der Waals surface area contributed by atoms with E-state index in [4.69, 9.17) is 4.74 Å². The van der Waals surface area contributed by atoms with Crippen LogP contribution in [0.3, 0.4) is 0 Å². The van der Waals surface area contributed by atoms with E-state index in [9.17, 15) is 14.7 Å². The molecule has 216 valence electrons. The molecule has 3 N–H and O–H groups in total. The molecule has 3 aromatic rings. The summed E-state index contributed by atoms with van der Waals surface area (Å²) in [5.74, 6) is -0.817. The molecule has 0 saturated carbocycles. The van der Waals surface area contributed by atoms with Gasteiger partial charge in [-0.05, 0) is 46.9 Å². The first-order chi connectivity index (χ1) is 20.0. The molecule has 13 heteroatoms. The van der Waals surface area contributed by atoms with Crippen LogP contribution in [-0.2, 0) is 20.9 Å². The van der Waals surface area contributed by atoms with E-state index in [0.29, 0.717) is 25.3 Å². The van der Waals surface area contributed by atoms with E-state index in [1.165, 1.54) is 0 Å².